The van der Waals surface area contributed by atoms with E-state index < -0.39 is 6.04 Å². The van der Waals surface area contributed by atoms with Gasteiger partial charge in [-0.2, -0.15) is 0 Å². The van der Waals surface area contributed by atoms with Crippen molar-refractivity contribution in [2.24, 2.45) is 0 Å². The van der Waals surface area contributed by atoms with E-state index in [-0.39, 0.29) is 24.5 Å². The number of rotatable bonds is 9. The van der Waals surface area contributed by atoms with E-state index in [1.54, 1.807) is 11.8 Å². The molecular weight excluding hydrogens is 456 g/mol. The number of nitrogens with one attached hydrogen (secondary N) is 1. The Balaban J connectivity index is 2.19. The van der Waals surface area contributed by atoms with Gasteiger partial charge in [0.15, 0.2) is 6.61 Å². The van der Waals surface area contributed by atoms with Crippen LogP contribution in [0.1, 0.15) is 57.2 Å². The molecule has 0 aliphatic carbocycles. The van der Waals surface area contributed by atoms with Crippen molar-refractivity contribution in [2.75, 3.05) is 6.61 Å². The molecule has 6 heteroatoms. The summed E-state index contributed by atoms with van der Waals surface area (Å²) in [6.45, 7) is 12.0. The van der Waals surface area contributed by atoms with Crippen LogP contribution < -0.4 is 10.1 Å². The number of hydrogen-bond acceptors (Lipinski definition) is 3. The fraction of sp³-hybridized carbons (Fsp3) is 0.440. The Labute approximate surface area is 194 Å². The first kappa shape index (κ1) is 24.9. The summed E-state index contributed by atoms with van der Waals surface area (Å²) in [5, 5.41) is 2.90. The van der Waals surface area contributed by atoms with Crippen LogP contribution in [0.3, 0.4) is 0 Å². The van der Waals surface area contributed by atoms with Crippen LogP contribution in [-0.2, 0) is 16.1 Å². The quantitative estimate of drug-likeness (QED) is 0.527. The van der Waals surface area contributed by atoms with Gasteiger partial charge in [0, 0.05) is 12.6 Å². The number of halogens is 1. The Bertz CT molecular complexity index is 911. The molecule has 0 saturated carbocycles. The third-order valence-corrected chi connectivity index (χ3v) is 5.79. The van der Waals surface area contributed by atoms with Gasteiger partial charge >= 0.3 is 0 Å². The minimum Gasteiger partial charge on any atom is -0.483 e. The first-order valence-corrected chi connectivity index (χ1v) is 11.5. The van der Waals surface area contributed by atoms with Gasteiger partial charge in [0.05, 0.1) is 4.47 Å². The Kier molecular flexibility index (Phi) is 9.11. The van der Waals surface area contributed by atoms with Crippen molar-refractivity contribution in [3.8, 4) is 5.75 Å². The van der Waals surface area contributed by atoms with Crippen LogP contribution in [-0.4, -0.2) is 35.4 Å². The highest BCUT2D eigenvalue weighted by molar-refractivity contribution is 9.10. The second kappa shape index (κ2) is 11.3. The zero-order valence-electron chi connectivity index (χ0n) is 19.2. The Morgan fingerprint density at radius 3 is 2.32 bits per heavy atom. The average molecular weight is 489 g/mol. The zero-order valence-corrected chi connectivity index (χ0v) is 20.8. The van der Waals surface area contributed by atoms with Crippen molar-refractivity contribution in [3.63, 3.8) is 0 Å². The largest absolute Gasteiger partial charge is 0.483 e. The lowest BCUT2D eigenvalue weighted by Crippen LogP contribution is -2.50. The lowest BCUT2D eigenvalue weighted by atomic mass is 10.0. The second-order valence-electron chi connectivity index (χ2n) is 8.42. The highest BCUT2D eigenvalue weighted by Gasteiger charge is 2.27. The predicted molar refractivity (Wildman–Crippen MR) is 128 cm³/mol. The van der Waals surface area contributed by atoms with E-state index in [2.05, 4.69) is 35.1 Å². The molecule has 168 valence electrons. The molecule has 2 amide bonds. The van der Waals surface area contributed by atoms with Crippen molar-refractivity contribution in [1.29, 1.82) is 0 Å². The van der Waals surface area contributed by atoms with E-state index in [0.29, 0.717) is 18.2 Å². The third-order valence-electron chi connectivity index (χ3n) is 5.17. The summed E-state index contributed by atoms with van der Waals surface area (Å²) >= 11 is 3.53. The molecular formula is C25H33BrN2O3. The van der Waals surface area contributed by atoms with E-state index in [9.17, 15) is 9.59 Å². The summed E-state index contributed by atoms with van der Waals surface area (Å²) in [4.78, 5) is 27.4. The summed E-state index contributed by atoms with van der Waals surface area (Å²) < 4.78 is 6.63. The molecule has 0 heterocycles. The van der Waals surface area contributed by atoms with Gasteiger partial charge in [-0.05, 0) is 78.4 Å². The van der Waals surface area contributed by atoms with Crippen LogP contribution in [0.25, 0.3) is 0 Å². The van der Waals surface area contributed by atoms with Gasteiger partial charge < -0.3 is 15.0 Å². The highest BCUT2D eigenvalue weighted by atomic mass is 79.9. The topological polar surface area (TPSA) is 58.6 Å². The van der Waals surface area contributed by atoms with E-state index in [1.165, 1.54) is 5.56 Å². The number of carbonyl (C=O) groups excluding carboxylic acids is 2. The molecule has 0 aliphatic rings. The molecule has 0 fully saturated rings. The van der Waals surface area contributed by atoms with Gasteiger partial charge in [-0.25, -0.2) is 0 Å². The molecule has 0 spiro atoms. The maximum absolute atomic E-state index is 13.2. The van der Waals surface area contributed by atoms with Crippen LogP contribution in [0.2, 0.25) is 0 Å². The molecule has 0 saturated heterocycles. The summed E-state index contributed by atoms with van der Waals surface area (Å²) in [7, 11) is 0. The minimum absolute atomic E-state index is 0.00274. The Morgan fingerprint density at radius 2 is 1.74 bits per heavy atom. The molecule has 2 rings (SSSR count). The van der Waals surface area contributed by atoms with E-state index in [4.69, 9.17) is 4.74 Å². The third kappa shape index (κ3) is 7.10. The molecule has 1 unspecified atom stereocenters. The lowest BCUT2D eigenvalue weighted by Gasteiger charge is -2.30. The summed E-state index contributed by atoms with van der Waals surface area (Å²) in [6.07, 6.45) is 0. The van der Waals surface area contributed by atoms with Crippen molar-refractivity contribution >= 4 is 27.7 Å². The molecule has 0 aliphatic heterocycles. The molecule has 31 heavy (non-hydrogen) atoms. The molecule has 2 aromatic carbocycles. The second-order valence-corrected chi connectivity index (χ2v) is 9.27. The van der Waals surface area contributed by atoms with E-state index in [1.807, 2.05) is 63.2 Å². The first-order chi connectivity index (χ1) is 14.6. The zero-order chi connectivity index (χ0) is 23.1. The monoisotopic (exact) mass is 488 g/mol. The summed E-state index contributed by atoms with van der Waals surface area (Å²) in [5.41, 5.74) is 3.26. The molecule has 2 aromatic rings. The van der Waals surface area contributed by atoms with E-state index >= 15 is 0 Å². The van der Waals surface area contributed by atoms with Crippen molar-refractivity contribution in [3.05, 3.63) is 63.6 Å². The Morgan fingerprint density at radius 1 is 1.06 bits per heavy atom. The van der Waals surface area contributed by atoms with Crippen LogP contribution in [0.5, 0.6) is 5.75 Å². The van der Waals surface area contributed by atoms with Gasteiger partial charge in [0.1, 0.15) is 11.8 Å². The molecule has 5 nitrogen and oxygen atoms in total. The maximum atomic E-state index is 13.2. The number of ether oxygens (including phenoxy) is 1. The molecule has 0 aromatic heterocycles. The SMILES string of the molecule is Cc1ccccc1CN(C(=O)COc1ccc(C(C)C)cc1Br)C(C)C(=O)NC(C)C. The van der Waals surface area contributed by atoms with Crippen molar-refractivity contribution < 1.29 is 14.3 Å². The normalized spacial score (nSPS) is 12.0. The van der Waals surface area contributed by atoms with Crippen molar-refractivity contribution in [1.82, 2.24) is 10.2 Å². The van der Waals surface area contributed by atoms with Gasteiger partial charge in [-0.1, -0.05) is 44.2 Å². The Hall–Kier alpha value is -2.34. The molecule has 0 bridgehead atoms. The maximum Gasteiger partial charge on any atom is 0.261 e. The van der Waals surface area contributed by atoms with Crippen LogP contribution in [0.15, 0.2) is 46.9 Å². The van der Waals surface area contributed by atoms with E-state index in [0.717, 1.165) is 15.6 Å². The molecule has 0 radical (unpaired) electrons. The number of carbonyl (C=O) groups is 2. The fourth-order valence-electron chi connectivity index (χ4n) is 3.17. The smallest absolute Gasteiger partial charge is 0.261 e. The highest BCUT2D eigenvalue weighted by Crippen LogP contribution is 2.29. The number of nitrogens with zero attached hydrogens (tertiary/aromatic N) is 1. The van der Waals surface area contributed by atoms with Gasteiger partial charge in [0.25, 0.3) is 5.91 Å². The van der Waals surface area contributed by atoms with Gasteiger partial charge in [-0.3, -0.25) is 9.59 Å². The first-order valence-electron chi connectivity index (χ1n) is 10.7. The number of benzene rings is 2. The number of aryl methyl sites for hydroxylation is 1. The molecule has 1 N–H and O–H groups in total. The van der Waals surface area contributed by atoms with Gasteiger partial charge in [-0.15, -0.1) is 0 Å². The molecule has 1 atom stereocenters. The van der Waals surface area contributed by atoms with Crippen LogP contribution in [0.4, 0.5) is 0 Å². The summed E-state index contributed by atoms with van der Waals surface area (Å²) in [5.74, 6) is 0.582. The van der Waals surface area contributed by atoms with Gasteiger partial charge in [0.2, 0.25) is 5.91 Å². The van der Waals surface area contributed by atoms with Crippen LogP contribution in [0, 0.1) is 6.92 Å². The predicted octanol–water partition coefficient (Wildman–Crippen LogP) is 5.20. The fourth-order valence-corrected chi connectivity index (χ4v) is 3.69. The standard InChI is InChI=1S/C25H33BrN2O3/c1-16(2)20-11-12-23(22(26)13-20)31-15-24(29)28(19(6)25(30)27-17(3)4)14-21-10-8-7-9-18(21)5/h7-13,16-17,19H,14-15H2,1-6H3,(H,27,30). The number of hydrogen-bond donors (Lipinski definition) is 1. The lowest BCUT2D eigenvalue weighted by molar-refractivity contribution is -0.142. The average Bonchev–Trinajstić information content (AvgIpc) is 2.70. The minimum atomic E-state index is -0.620. The van der Waals surface area contributed by atoms with Crippen molar-refractivity contribution in [2.45, 2.75) is 66.1 Å². The van der Waals surface area contributed by atoms with Crippen LogP contribution >= 0.6 is 15.9 Å². The number of amides is 2. The summed E-state index contributed by atoms with van der Waals surface area (Å²) in [6, 6.07) is 13.1.